The molecule has 2 aliphatic rings. The molecule has 1 aromatic carbocycles. The summed E-state index contributed by atoms with van der Waals surface area (Å²) in [6, 6.07) is 7.90. The third-order valence-corrected chi connectivity index (χ3v) is 5.16. The fourth-order valence-electron chi connectivity index (χ4n) is 2.98. The van der Waals surface area contributed by atoms with Crippen molar-refractivity contribution in [1.29, 1.82) is 0 Å². The molecule has 130 valence electrons. The van der Waals surface area contributed by atoms with E-state index in [1.807, 2.05) is 24.3 Å². The van der Waals surface area contributed by atoms with Crippen molar-refractivity contribution in [2.45, 2.75) is 51.7 Å². The molecule has 3 rings (SSSR count). The summed E-state index contributed by atoms with van der Waals surface area (Å²) in [5.41, 5.74) is 7.52. The van der Waals surface area contributed by atoms with Gasteiger partial charge in [-0.3, -0.25) is 14.6 Å². The first-order valence-corrected chi connectivity index (χ1v) is 8.74. The van der Waals surface area contributed by atoms with Crippen LogP contribution in [0.15, 0.2) is 29.3 Å². The number of esters is 1. The number of Topliss-reactive ketones (excluding diaryl/α,β-unsaturated/α-hetero) is 1. The zero-order chi connectivity index (χ0) is 16.4. The summed E-state index contributed by atoms with van der Waals surface area (Å²) in [7, 11) is 0. The molecule has 2 N–H and O–H groups in total. The second-order valence-corrected chi connectivity index (χ2v) is 7.30. The first-order chi connectivity index (χ1) is 11.0. The first-order valence-electron chi connectivity index (χ1n) is 7.76. The number of carbonyl (C=O) groups excluding carboxylic acids is 2. The van der Waals surface area contributed by atoms with E-state index in [1.54, 1.807) is 11.8 Å². The molecule has 1 aromatic rings. The lowest BCUT2D eigenvalue weighted by Crippen LogP contribution is -2.29. The Kier molecular flexibility index (Phi) is 5.70. The van der Waals surface area contributed by atoms with E-state index < -0.39 is 6.10 Å². The second kappa shape index (κ2) is 7.38. The third-order valence-electron chi connectivity index (χ3n) is 4.37. The van der Waals surface area contributed by atoms with Crippen molar-refractivity contribution >= 4 is 28.7 Å². The number of aliphatic imine (C=N–C) groups is 1. The number of rotatable bonds is 4. The van der Waals surface area contributed by atoms with E-state index in [0.29, 0.717) is 18.0 Å². The van der Waals surface area contributed by atoms with Gasteiger partial charge in [0.2, 0.25) is 0 Å². The summed E-state index contributed by atoms with van der Waals surface area (Å²) in [5.74, 6) is 0.613. The molecule has 0 spiro atoms. The molecule has 0 amide bonds. The summed E-state index contributed by atoms with van der Waals surface area (Å²) in [6.07, 6.45) is 1.43. The minimum Gasteiger partial charge on any atom is -0.454 e. The highest BCUT2D eigenvalue weighted by atomic mass is 32.2. The van der Waals surface area contributed by atoms with Gasteiger partial charge in [0.25, 0.3) is 0 Å². The van der Waals surface area contributed by atoms with Crippen LogP contribution in [-0.4, -0.2) is 28.8 Å². The lowest BCUT2D eigenvalue weighted by Gasteiger charge is -2.30. The van der Waals surface area contributed by atoms with Gasteiger partial charge in [0.15, 0.2) is 17.1 Å². The van der Waals surface area contributed by atoms with E-state index >= 15 is 0 Å². The number of ketones is 1. The van der Waals surface area contributed by atoms with Crippen LogP contribution in [0.4, 0.5) is 0 Å². The third kappa shape index (κ3) is 3.98. The van der Waals surface area contributed by atoms with Crippen LogP contribution in [0.25, 0.3) is 0 Å². The van der Waals surface area contributed by atoms with Crippen LogP contribution in [0, 0.1) is 0 Å². The van der Waals surface area contributed by atoms with E-state index in [9.17, 15) is 9.59 Å². The SMILES string of the molecule is C.C[C@@]1(c2cccc(CC(=O)[C@H]3CCC(=O)O3)c2)CCSC(N)=N1. The van der Waals surface area contributed by atoms with Crippen LogP contribution < -0.4 is 5.73 Å². The molecule has 0 saturated carbocycles. The van der Waals surface area contributed by atoms with E-state index in [0.717, 1.165) is 23.3 Å². The minimum absolute atomic E-state index is 0. The smallest absolute Gasteiger partial charge is 0.306 e. The molecule has 0 aromatic heterocycles. The van der Waals surface area contributed by atoms with Gasteiger partial charge in [-0.25, -0.2) is 0 Å². The van der Waals surface area contributed by atoms with E-state index in [2.05, 4.69) is 11.9 Å². The van der Waals surface area contributed by atoms with Crippen LogP contribution in [-0.2, 0) is 26.3 Å². The van der Waals surface area contributed by atoms with Crippen molar-refractivity contribution < 1.29 is 14.3 Å². The van der Waals surface area contributed by atoms with E-state index in [1.165, 1.54) is 0 Å². The van der Waals surface area contributed by atoms with Crippen LogP contribution >= 0.6 is 11.8 Å². The minimum atomic E-state index is -0.582. The molecule has 5 nitrogen and oxygen atoms in total. The van der Waals surface area contributed by atoms with Crippen LogP contribution in [0.1, 0.15) is 44.7 Å². The molecule has 0 unspecified atom stereocenters. The average Bonchev–Trinajstić information content (AvgIpc) is 2.94. The molecule has 1 fully saturated rings. The van der Waals surface area contributed by atoms with Gasteiger partial charge in [-0.1, -0.05) is 43.5 Å². The maximum atomic E-state index is 12.3. The molecular formula is C18H24N2O3S. The lowest BCUT2D eigenvalue weighted by molar-refractivity contribution is -0.147. The molecular weight excluding hydrogens is 324 g/mol. The number of amidine groups is 1. The normalized spacial score (nSPS) is 26.3. The number of hydrogen-bond acceptors (Lipinski definition) is 6. The summed E-state index contributed by atoms with van der Waals surface area (Å²) in [4.78, 5) is 28.0. The fourth-order valence-corrected chi connectivity index (χ4v) is 3.95. The zero-order valence-corrected chi connectivity index (χ0v) is 13.9. The summed E-state index contributed by atoms with van der Waals surface area (Å²) in [6.45, 7) is 2.07. The molecule has 24 heavy (non-hydrogen) atoms. The van der Waals surface area contributed by atoms with Crippen molar-refractivity contribution in [3.8, 4) is 0 Å². The Balaban J connectivity index is 0.00000208. The van der Waals surface area contributed by atoms with Crippen LogP contribution in [0.3, 0.4) is 0 Å². The van der Waals surface area contributed by atoms with Gasteiger partial charge in [0.05, 0.1) is 5.54 Å². The van der Waals surface area contributed by atoms with Gasteiger partial charge in [-0.05, 0) is 24.5 Å². The number of nitrogens with two attached hydrogens (primary N) is 1. The van der Waals surface area contributed by atoms with Crippen molar-refractivity contribution in [3.05, 3.63) is 35.4 Å². The Morgan fingerprint density at radius 2 is 2.29 bits per heavy atom. The molecule has 0 aliphatic carbocycles. The quantitative estimate of drug-likeness (QED) is 0.846. The largest absolute Gasteiger partial charge is 0.454 e. The maximum Gasteiger partial charge on any atom is 0.306 e. The Morgan fingerprint density at radius 3 is 2.96 bits per heavy atom. The predicted octanol–water partition coefficient (Wildman–Crippen LogP) is 2.81. The second-order valence-electron chi connectivity index (χ2n) is 6.18. The maximum absolute atomic E-state index is 12.3. The number of hydrogen-bond donors (Lipinski definition) is 1. The van der Waals surface area contributed by atoms with Gasteiger partial charge >= 0.3 is 5.97 Å². The molecule has 0 bridgehead atoms. The van der Waals surface area contributed by atoms with Gasteiger partial charge in [-0.2, -0.15) is 0 Å². The van der Waals surface area contributed by atoms with E-state index in [-0.39, 0.29) is 31.1 Å². The predicted molar refractivity (Wildman–Crippen MR) is 97.0 cm³/mol. The van der Waals surface area contributed by atoms with Gasteiger partial charge < -0.3 is 10.5 Å². The summed E-state index contributed by atoms with van der Waals surface area (Å²) < 4.78 is 5.05. The summed E-state index contributed by atoms with van der Waals surface area (Å²) in [5, 5.41) is 0.609. The Morgan fingerprint density at radius 1 is 1.50 bits per heavy atom. The number of thioether (sulfide) groups is 1. The molecule has 2 atom stereocenters. The number of benzene rings is 1. The van der Waals surface area contributed by atoms with Crippen molar-refractivity contribution in [2.75, 3.05) is 5.75 Å². The Labute approximate surface area is 147 Å². The highest BCUT2D eigenvalue weighted by Gasteiger charge is 2.31. The summed E-state index contributed by atoms with van der Waals surface area (Å²) >= 11 is 1.57. The van der Waals surface area contributed by atoms with Crippen LogP contribution in [0.5, 0.6) is 0 Å². The highest BCUT2D eigenvalue weighted by Crippen LogP contribution is 2.35. The topological polar surface area (TPSA) is 81.8 Å². The fraction of sp³-hybridized carbons (Fsp3) is 0.500. The lowest BCUT2D eigenvalue weighted by atomic mass is 9.88. The first kappa shape index (κ1) is 18.5. The molecule has 2 heterocycles. The van der Waals surface area contributed by atoms with Gasteiger partial charge in [-0.15, -0.1) is 0 Å². The average molecular weight is 348 g/mol. The Hall–Kier alpha value is -1.82. The monoisotopic (exact) mass is 348 g/mol. The molecule has 6 heteroatoms. The van der Waals surface area contributed by atoms with Crippen molar-refractivity contribution in [1.82, 2.24) is 0 Å². The van der Waals surface area contributed by atoms with Crippen molar-refractivity contribution in [3.63, 3.8) is 0 Å². The number of nitrogens with zero attached hydrogens (tertiary/aromatic N) is 1. The number of cyclic esters (lactones) is 1. The van der Waals surface area contributed by atoms with Gasteiger partial charge in [0, 0.05) is 25.0 Å². The standard InChI is InChI=1S/C17H20N2O3S.CH4/c1-17(7-8-23-16(18)19-17)12-4-2-3-11(9-12)10-13(20)14-5-6-15(21)22-14;/h2-4,9,14H,5-8,10H2,1H3,(H2,18,19);1H4/t14-,17+;/m1./s1. The number of carbonyl (C=O) groups is 2. The zero-order valence-electron chi connectivity index (χ0n) is 13.1. The molecule has 2 aliphatic heterocycles. The molecule has 0 radical (unpaired) electrons. The highest BCUT2D eigenvalue weighted by molar-refractivity contribution is 8.13. The Bertz CT molecular complexity index is 674. The van der Waals surface area contributed by atoms with Crippen LogP contribution in [0.2, 0.25) is 0 Å². The molecule has 1 saturated heterocycles. The van der Waals surface area contributed by atoms with Crippen molar-refractivity contribution in [2.24, 2.45) is 10.7 Å². The number of ether oxygens (including phenoxy) is 1. The van der Waals surface area contributed by atoms with E-state index in [4.69, 9.17) is 10.5 Å². The van der Waals surface area contributed by atoms with Gasteiger partial charge in [0.1, 0.15) is 0 Å².